The number of benzene rings is 3. The van der Waals surface area contributed by atoms with E-state index in [1.807, 2.05) is 31.3 Å². The molecule has 6 heteroatoms. The Morgan fingerprint density at radius 3 is 2.16 bits per heavy atom. The Balaban J connectivity index is 1.33. The van der Waals surface area contributed by atoms with Crippen molar-refractivity contribution >= 4 is 16.6 Å². The summed E-state index contributed by atoms with van der Waals surface area (Å²) in [5.74, 6) is 0.724. The number of aryl methyl sites for hydroxylation is 1. The van der Waals surface area contributed by atoms with Crippen LogP contribution in [0.5, 0.6) is 5.75 Å². The summed E-state index contributed by atoms with van der Waals surface area (Å²) in [4.78, 5) is 5.58. The molecule has 0 saturated carbocycles. The Labute approximate surface area is 185 Å². The number of rotatable bonds is 7. The van der Waals surface area contributed by atoms with Crippen LogP contribution in [0.15, 0.2) is 72.8 Å². The summed E-state index contributed by atoms with van der Waals surface area (Å²) in [6.07, 6.45) is -3.35. The zero-order valence-corrected chi connectivity index (χ0v) is 18.0. The molecule has 0 fully saturated rings. The molecule has 3 nitrogen and oxygen atoms in total. The number of anilines is 1. The van der Waals surface area contributed by atoms with E-state index in [1.165, 1.54) is 23.2 Å². The molecule has 1 aromatic heterocycles. The van der Waals surface area contributed by atoms with Gasteiger partial charge in [0.05, 0.1) is 12.1 Å². The summed E-state index contributed by atoms with van der Waals surface area (Å²) in [6.45, 7) is 3.36. The summed E-state index contributed by atoms with van der Waals surface area (Å²) in [5, 5.41) is 1.21. The van der Waals surface area contributed by atoms with E-state index in [0.717, 1.165) is 46.6 Å². The van der Waals surface area contributed by atoms with Crippen LogP contribution in [0, 0.1) is 0 Å². The molecule has 0 radical (unpaired) electrons. The largest absolute Gasteiger partial charge is 0.492 e. The number of aromatic amines is 1. The van der Waals surface area contributed by atoms with E-state index >= 15 is 0 Å². The third kappa shape index (κ3) is 4.90. The first kappa shape index (κ1) is 21.8. The molecule has 1 N–H and O–H groups in total. The first-order chi connectivity index (χ1) is 15.3. The molecule has 0 aliphatic heterocycles. The van der Waals surface area contributed by atoms with E-state index in [4.69, 9.17) is 4.74 Å². The van der Waals surface area contributed by atoms with Crippen molar-refractivity contribution in [3.63, 3.8) is 0 Å². The molecule has 0 spiro atoms. The first-order valence-corrected chi connectivity index (χ1v) is 10.6. The fourth-order valence-corrected chi connectivity index (χ4v) is 3.63. The van der Waals surface area contributed by atoms with E-state index in [0.29, 0.717) is 13.2 Å². The Kier molecular flexibility index (Phi) is 6.12. The quantitative estimate of drug-likeness (QED) is 0.339. The summed E-state index contributed by atoms with van der Waals surface area (Å²) < 4.78 is 44.0. The lowest BCUT2D eigenvalue weighted by molar-refractivity contribution is -0.137. The lowest BCUT2D eigenvalue weighted by Crippen LogP contribution is -2.23. The number of nitrogens with one attached hydrogen (secondary N) is 1. The van der Waals surface area contributed by atoms with Crippen molar-refractivity contribution in [3.05, 3.63) is 84.1 Å². The summed E-state index contributed by atoms with van der Waals surface area (Å²) in [6, 6.07) is 21.1. The molecular weight excluding hydrogens is 413 g/mol. The van der Waals surface area contributed by atoms with Gasteiger partial charge in [-0.05, 0) is 65.4 Å². The molecule has 1 heterocycles. The van der Waals surface area contributed by atoms with E-state index in [-0.39, 0.29) is 0 Å². The second-order valence-electron chi connectivity index (χ2n) is 7.79. The van der Waals surface area contributed by atoms with Crippen LogP contribution in [0.4, 0.5) is 18.9 Å². The van der Waals surface area contributed by atoms with Gasteiger partial charge in [-0.2, -0.15) is 13.2 Å². The molecule has 4 rings (SSSR count). The van der Waals surface area contributed by atoms with Crippen LogP contribution in [0.25, 0.3) is 22.0 Å². The van der Waals surface area contributed by atoms with Gasteiger partial charge in [-0.15, -0.1) is 0 Å². The SMILES string of the molecule is CCc1cc2ccc(N(C)CCOc3ccc(-c4ccc(C(F)(F)F)cc4)cc3)cc2[nH]1. The van der Waals surface area contributed by atoms with E-state index < -0.39 is 11.7 Å². The minimum atomic E-state index is -4.32. The number of ether oxygens (including phenoxy) is 1. The lowest BCUT2D eigenvalue weighted by Gasteiger charge is -2.19. The molecule has 0 saturated heterocycles. The van der Waals surface area contributed by atoms with Crippen LogP contribution in [0.2, 0.25) is 0 Å². The number of H-pyrrole nitrogens is 1. The molecule has 0 amide bonds. The maximum absolute atomic E-state index is 12.7. The molecule has 4 aromatic rings. The highest BCUT2D eigenvalue weighted by Gasteiger charge is 2.29. The molecule has 0 aliphatic carbocycles. The maximum Gasteiger partial charge on any atom is 0.416 e. The number of alkyl halides is 3. The third-order valence-corrected chi connectivity index (χ3v) is 5.58. The van der Waals surface area contributed by atoms with Crippen LogP contribution in [0.1, 0.15) is 18.2 Å². The normalized spacial score (nSPS) is 11.7. The molecule has 32 heavy (non-hydrogen) atoms. The highest BCUT2D eigenvalue weighted by atomic mass is 19.4. The summed E-state index contributed by atoms with van der Waals surface area (Å²) in [7, 11) is 2.03. The molecule has 166 valence electrons. The Morgan fingerprint density at radius 2 is 1.53 bits per heavy atom. The van der Waals surface area contributed by atoms with E-state index in [2.05, 4.69) is 41.1 Å². The highest BCUT2D eigenvalue weighted by Crippen LogP contribution is 2.31. The zero-order chi connectivity index (χ0) is 22.7. The van der Waals surface area contributed by atoms with Crippen molar-refractivity contribution in [2.75, 3.05) is 25.1 Å². The monoisotopic (exact) mass is 438 g/mol. The molecule has 0 aliphatic rings. The number of halogens is 3. The fourth-order valence-electron chi connectivity index (χ4n) is 3.63. The van der Waals surface area contributed by atoms with Gasteiger partial charge in [0, 0.05) is 23.9 Å². The van der Waals surface area contributed by atoms with Gasteiger partial charge in [0.1, 0.15) is 12.4 Å². The van der Waals surface area contributed by atoms with Gasteiger partial charge in [-0.25, -0.2) is 0 Å². The van der Waals surface area contributed by atoms with Crippen molar-refractivity contribution in [2.45, 2.75) is 19.5 Å². The van der Waals surface area contributed by atoms with Crippen LogP contribution < -0.4 is 9.64 Å². The van der Waals surface area contributed by atoms with Gasteiger partial charge in [0.15, 0.2) is 0 Å². The lowest BCUT2D eigenvalue weighted by atomic mass is 10.0. The number of aromatic nitrogens is 1. The van der Waals surface area contributed by atoms with Crippen molar-refractivity contribution < 1.29 is 17.9 Å². The smallest absolute Gasteiger partial charge is 0.416 e. The van der Waals surface area contributed by atoms with Crippen molar-refractivity contribution in [3.8, 4) is 16.9 Å². The second-order valence-corrected chi connectivity index (χ2v) is 7.79. The Bertz CT molecular complexity index is 1180. The summed E-state index contributed by atoms with van der Waals surface area (Å²) >= 11 is 0. The van der Waals surface area contributed by atoms with Crippen LogP contribution in [0.3, 0.4) is 0 Å². The number of hydrogen-bond donors (Lipinski definition) is 1. The minimum Gasteiger partial charge on any atom is -0.492 e. The Morgan fingerprint density at radius 1 is 0.875 bits per heavy atom. The van der Waals surface area contributed by atoms with Gasteiger partial charge < -0.3 is 14.6 Å². The van der Waals surface area contributed by atoms with Crippen molar-refractivity contribution in [1.29, 1.82) is 0 Å². The number of hydrogen-bond acceptors (Lipinski definition) is 2. The maximum atomic E-state index is 12.7. The number of likely N-dealkylation sites (N-methyl/N-ethyl adjacent to an activating group) is 1. The average Bonchev–Trinajstić information content (AvgIpc) is 3.21. The predicted octanol–water partition coefficient (Wildman–Crippen LogP) is 6.93. The third-order valence-electron chi connectivity index (χ3n) is 5.58. The molecular formula is C26H25F3N2O. The van der Waals surface area contributed by atoms with Crippen molar-refractivity contribution in [1.82, 2.24) is 4.98 Å². The van der Waals surface area contributed by atoms with Gasteiger partial charge in [-0.1, -0.05) is 37.3 Å². The standard InChI is InChI=1S/C26H25F3N2O/c1-3-22-16-20-6-11-23(17-25(20)30-22)31(2)14-15-32-24-12-7-19(8-13-24)18-4-9-21(10-5-18)26(27,28)29/h4-13,16-17,30H,3,14-15H2,1-2H3. The topological polar surface area (TPSA) is 28.3 Å². The fraction of sp³-hybridized carbons (Fsp3) is 0.231. The predicted molar refractivity (Wildman–Crippen MR) is 123 cm³/mol. The zero-order valence-electron chi connectivity index (χ0n) is 18.0. The molecule has 0 bridgehead atoms. The van der Waals surface area contributed by atoms with Gasteiger partial charge in [-0.3, -0.25) is 0 Å². The summed E-state index contributed by atoms with van der Waals surface area (Å²) in [5.41, 5.74) is 4.40. The van der Waals surface area contributed by atoms with Crippen molar-refractivity contribution in [2.24, 2.45) is 0 Å². The number of fused-ring (bicyclic) bond motifs is 1. The van der Waals surface area contributed by atoms with E-state index in [1.54, 1.807) is 0 Å². The van der Waals surface area contributed by atoms with Crippen LogP contribution in [-0.2, 0) is 12.6 Å². The van der Waals surface area contributed by atoms with Gasteiger partial charge in [0.25, 0.3) is 0 Å². The van der Waals surface area contributed by atoms with Gasteiger partial charge >= 0.3 is 6.18 Å². The molecule has 0 atom stereocenters. The van der Waals surface area contributed by atoms with E-state index in [9.17, 15) is 13.2 Å². The average molecular weight is 438 g/mol. The molecule has 3 aromatic carbocycles. The van der Waals surface area contributed by atoms with Gasteiger partial charge in [0.2, 0.25) is 0 Å². The Hall–Kier alpha value is -3.41. The second kappa shape index (κ2) is 8.99. The highest BCUT2D eigenvalue weighted by molar-refractivity contribution is 5.84. The minimum absolute atomic E-state index is 0.513. The van der Waals surface area contributed by atoms with Crippen LogP contribution >= 0.6 is 0 Å². The number of nitrogens with zero attached hydrogens (tertiary/aromatic N) is 1. The van der Waals surface area contributed by atoms with Crippen LogP contribution in [-0.4, -0.2) is 25.2 Å². The first-order valence-electron chi connectivity index (χ1n) is 10.6. The molecule has 0 unspecified atom stereocenters.